The minimum Gasteiger partial charge on any atom is -0.176 e. The highest BCUT2D eigenvalue weighted by Crippen LogP contribution is 2.31. The Kier molecular flexibility index (Phi) is 5.31. The minimum atomic E-state index is 0.516. The summed E-state index contributed by atoms with van der Waals surface area (Å²) in [6.45, 7) is 13.8. The van der Waals surface area contributed by atoms with Gasteiger partial charge in [0.1, 0.15) is 0 Å². The van der Waals surface area contributed by atoms with Gasteiger partial charge in [-0.2, -0.15) is 12.6 Å². The van der Waals surface area contributed by atoms with Crippen molar-refractivity contribution in [3.63, 3.8) is 0 Å². The van der Waals surface area contributed by atoms with Gasteiger partial charge in [-0.1, -0.05) is 41.5 Å². The third kappa shape index (κ3) is 3.38. The second-order valence-corrected chi connectivity index (χ2v) is 5.48. The molecule has 0 aromatic rings. The molecule has 0 aromatic carbocycles. The average molecular weight is 188 g/mol. The van der Waals surface area contributed by atoms with Crippen LogP contribution in [0.2, 0.25) is 0 Å². The van der Waals surface area contributed by atoms with Crippen LogP contribution < -0.4 is 0 Å². The quantitative estimate of drug-likeness (QED) is 0.636. The molecule has 0 aliphatic rings. The molecule has 3 atom stereocenters. The Balaban J connectivity index is 4.30. The summed E-state index contributed by atoms with van der Waals surface area (Å²) < 4.78 is 0. The molecular weight excluding hydrogens is 164 g/mol. The second-order valence-electron chi connectivity index (χ2n) is 4.67. The Bertz CT molecular complexity index is 108. The van der Waals surface area contributed by atoms with Gasteiger partial charge in [0.15, 0.2) is 0 Å². The summed E-state index contributed by atoms with van der Waals surface area (Å²) in [6, 6.07) is 0. The molecule has 0 bridgehead atoms. The van der Waals surface area contributed by atoms with Gasteiger partial charge in [-0.15, -0.1) is 0 Å². The van der Waals surface area contributed by atoms with Gasteiger partial charge in [-0.3, -0.25) is 0 Å². The first kappa shape index (κ1) is 12.3. The second kappa shape index (κ2) is 5.16. The monoisotopic (exact) mass is 188 g/mol. The Morgan fingerprint density at radius 2 is 1.17 bits per heavy atom. The molecule has 0 aliphatic carbocycles. The van der Waals surface area contributed by atoms with E-state index in [0.717, 1.165) is 23.7 Å². The van der Waals surface area contributed by atoms with E-state index in [9.17, 15) is 0 Å². The zero-order valence-corrected chi connectivity index (χ0v) is 10.2. The molecule has 0 nitrogen and oxygen atoms in total. The van der Waals surface area contributed by atoms with Gasteiger partial charge in [0.25, 0.3) is 0 Å². The van der Waals surface area contributed by atoms with Crippen molar-refractivity contribution in [3.8, 4) is 0 Å². The van der Waals surface area contributed by atoms with Crippen molar-refractivity contribution < 1.29 is 0 Å². The molecule has 0 radical (unpaired) electrons. The minimum absolute atomic E-state index is 0.516. The molecule has 12 heavy (non-hydrogen) atoms. The molecule has 0 saturated carbocycles. The molecule has 0 rings (SSSR count). The predicted octanol–water partition coefficient (Wildman–Crippen LogP) is 3.87. The lowest BCUT2D eigenvalue weighted by Crippen LogP contribution is -2.28. The van der Waals surface area contributed by atoms with Crippen LogP contribution >= 0.6 is 12.6 Å². The fraction of sp³-hybridized carbons (Fsp3) is 1.00. The van der Waals surface area contributed by atoms with Gasteiger partial charge in [0, 0.05) is 5.25 Å². The first-order chi connectivity index (χ1) is 5.37. The lowest BCUT2D eigenvalue weighted by Gasteiger charge is -2.32. The van der Waals surface area contributed by atoms with Crippen molar-refractivity contribution in [1.82, 2.24) is 0 Å². The van der Waals surface area contributed by atoms with E-state index in [1.165, 1.54) is 0 Å². The van der Waals surface area contributed by atoms with E-state index in [1.807, 2.05) is 0 Å². The summed E-state index contributed by atoms with van der Waals surface area (Å²) in [4.78, 5) is 0. The summed E-state index contributed by atoms with van der Waals surface area (Å²) in [5.41, 5.74) is 0. The van der Waals surface area contributed by atoms with Crippen molar-refractivity contribution in [2.45, 2.75) is 46.8 Å². The molecular formula is C11H24S. The van der Waals surface area contributed by atoms with Crippen molar-refractivity contribution >= 4 is 12.6 Å². The van der Waals surface area contributed by atoms with Crippen molar-refractivity contribution in [3.05, 3.63) is 0 Å². The van der Waals surface area contributed by atoms with E-state index in [2.05, 4.69) is 54.2 Å². The van der Waals surface area contributed by atoms with E-state index < -0.39 is 0 Å². The molecule has 0 fully saturated rings. The highest BCUT2D eigenvalue weighted by molar-refractivity contribution is 7.80. The van der Waals surface area contributed by atoms with E-state index in [-0.39, 0.29) is 0 Å². The van der Waals surface area contributed by atoms with Gasteiger partial charge < -0.3 is 0 Å². The maximum Gasteiger partial charge on any atom is 0.00218 e. The fourth-order valence-corrected chi connectivity index (χ4v) is 2.66. The summed E-state index contributed by atoms with van der Waals surface area (Å²) >= 11 is 4.57. The van der Waals surface area contributed by atoms with Gasteiger partial charge in [-0.25, -0.2) is 0 Å². The zero-order chi connectivity index (χ0) is 9.89. The van der Waals surface area contributed by atoms with Gasteiger partial charge >= 0.3 is 0 Å². The zero-order valence-electron chi connectivity index (χ0n) is 9.33. The average Bonchev–Trinajstić information content (AvgIpc) is 1.85. The third-order valence-electron chi connectivity index (χ3n) is 2.99. The van der Waals surface area contributed by atoms with Crippen LogP contribution in [-0.4, -0.2) is 5.25 Å². The van der Waals surface area contributed by atoms with Crippen LogP contribution in [0.25, 0.3) is 0 Å². The molecule has 0 N–H and O–H groups in total. The number of thiol groups is 1. The van der Waals surface area contributed by atoms with E-state index in [0.29, 0.717) is 5.25 Å². The van der Waals surface area contributed by atoms with Crippen LogP contribution in [0, 0.1) is 23.7 Å². The van der Waals surface area contributed by atoms with Crippen molar-refractivity contribution in [1.29, 1.82) is 0 Å². The summed E-state index contributed by atoms with van der Waals surface area (Å²) in [7, 11) is 0. The highest BCUT2D eigenvalue weighted by Gasteiger charge is 2.26. The van der Waals surface area contributed by atoms with Crippen LogP contribution in [0.3, 0.4) is 0 Å². The maximum absolute atomic E-state index is 4.57. The first-order valence-electron chi connectivity index (χ1n) is 5.06. The summed E-state index contributed by atoms with van der Waals surface area (Å²) in [5.74, 6) is 3.03. The number of rotatable bonds is 4. The van der Waals surface area contributed by atoms with Crippen molar-refractivity contribution in [2.24, 2.45) is 23.7 Å². The third-order valence-corrected chi connectivity index (χ3v) is 3.33. The SMILES string of the molecule is CC(C)C(C)C(C(C)C)C(C)S. The molecule has 0 aromatic heterocycles. The van der Waals surface area contributed by atoms with Crippen molar-refractivity contribution in [2.75, 3.05) is 0 Å². The topological polar surface area (TPSA) is 0 Å². The Morgan fingerprint density at radius 1 is 0.750 bits per heavy atom. The fourth-order valence-electron chi connectivity index (χ4n) is 2.05. The van der Waals surface area contributed by atoms with Crippen LogP contribution in [0.5, 0.6) is 0 Å². The van der Waals surface area contributed by atoms with E-state index in [4.69, 9.17) is 0 Å². The summed E-state index contributed by atoms with van der Waals surface area (Å²) in [6.07, 6.45) is 0. The lowest BCUT2D eigenvalue weighted by atomic mass is 9.77. The van der Waals surface area contributed by atoms with Gasteiger partial charge in [0.05, 0.1) is 0 Å². The largest absolute Gasteiger partial charge is 0.176 e. The molecule has 0 spiro atoms. The molecule has 0 heterocycles. The summed E-state index contributed by atoms with van der Waals surface area (Å²) in [5, 5.41) is 0.516. The van der Waals surface area contributed by atoms with Gasteiger partial charge in [-0.05, 0) is 23.7 Å². The lowest BCUT2D eigenvalue weighted by molar-refractivity contribution is 0.215. The van der Waals surface area contributed by atoms with Crippen LogP contribution in [0.1, 0.15) is 41.5 Å². The van der Waals surface area contributed by atoms with Crippen LogP contribution in [0.15, 0.2) is 0 Å². The van der Waals surface area contributed by atoms with E-state index in [1.54, 1.807) is 0 Å². The molecule has 1 heteroatoms. The molecule has 0 amide bonds. The van der Waals surface area contributed by atoms with E-state index >= 15 is 0 Å². The number of hydrogen-bond donors (Lipinski definition) is 1. The Morgan fingerprint density at radius 3 is 1.25 bits per heavy atom. The predicted molar refractivity (Wildman–Crippen MR) is 60.8 cm³/mol. The molecule has 0 saturated heterocycles. The molecule has 3 unspecified atom stereocenters. The number of hydrogen-bond acceptors (Lipinski definition) is 1. The molecule has 74 valence electrons. The van der Waals surface area contributed by atoms with Crippen LogP contribution in [0.4, 0.5) is 0 Å². The molecule has 0 aliphatic heterocycles. The Hall–Kier alpha value is 0.350. The normalized spacial score (nSPS) is 19.8. The first-order valence-corrected chi connectivity index (χ1v) is 5.57. The maximum atomic E-state index is 4.57. The smallest absolute Gasteiger partial charge is 0.00218 e. The standard InChI is InChI=1S/C11H24S/c1-7(2)9(5)11(8(3)4)10(6)12/h7-12H,1-6H3. The van der Waals surface area contributed by atoms with Crippen LogP contribution in [-0.2, 0) is 0 Å². The Labute approximate surface area is 83.5 Å². The highest BCUT2D eigenvalue weighted by atomic mass is 32.1. The van der Waals surface area contributed by atoms with Gasteiger partial charge in [0.2, 0.25) is 0 Å².